The predicted molar refractivity (Wildman–Crippen MR) is 114 cm³/mol. The van der Waals surface area contributed by atoms with Crippen molar-refractivity contribution in [1.29, 1.82) is 0 Å². The van der Waals surface area contributed by atoms with Crippen molar-refractivity contribution in [2.24, 2.45) is 7.05 Å². The number of likely N-dealkylation sites (tertiary alicyclic amines) is 1. The van der Waals surface area contributed by atoms with Gasteiger partial charge in [0, 0.05) is 32.1 Å². The molecular weight excluding hydrogens is 382 g/mol. The number of hydrogen-bond donors (Lipinski definition) is 1. The largest absolute Gasteiger partial charge is 0.444 e. The van der Waals surface area contributed by atoms with E-state index in [1.165, 1.54) is 0 Å². The van der Waals surface area contributed by atoms with E-state index in [1.54, 1.807) is 23.6 Å². The maximum absolute atomic E-state index is 12.1. The van der Waals surface area contributed by atoms with Crippen molar-refractivity contribution in [3.63, 3.8) is 0 Å². The number of aryl methyl sites for hydroxylation is 2. The van der Waals surface area contributed by atoms with E-state index in [2.05, 4.69) is 20.3 Å². The number of nitrogens with one attached hydrogen (secondary N) is 1. The summed E-state index contributed by atoms with van der Waals surface area (Å²) in [6.07, 6.45) is 5.74. The van der Waals surface area contributed by atoms with E-state index in [0.29, 0.717) is 24.7 Å². The number of carbonyl (C=O) groups excluding carboxylic acids is 1. The molecule has 1 fully saturated rings. The zero-order chi connectivity index (χ0) is 21.5. The molecule has 9 heteroatoms. The van der Waals surface area contributed by atoms with Crippen LogP contribution in [0.3, 0.4) is 0 Å². The molecule has 0 unspecified atom stereocenters. The summed E-state index contributed by atoms with van der Waals surface area (Å²) in [5.41, 5.74) is 3.12. The minimum Gasteiger partial charge on any atom is -0.444 e. The van der Waals surface area contributed by atoms with E-state index in [9.17, 15) is 4.79 Å². The molecule has 0 bridgehead atoms. The average Bonchev–Trinajstić information content (AvgIpc) is 3.00. The summed E-state index contributed by atoms with van der Waals surface area (Å²) >= 11 is 0. The fourth-order valence-electron chi connectivity index (χ4n) is 3.35. The van der Waals surface area contributed by atoms with Gasteiger partial charge in [-0.15, -0.1) is 0 Å². The zero-order valence-corrected chi connectivity index (χ0v) is 18.0. The summed E-state index contributed by atoms with van der Waals surface area (Å²) in [5.74, 6) is 1.56. The van der Waals surface area contributed by atoms with Gasteiger partial charge in [-0.25, -0.2) is 19.7 Å². The molecule has 0 spiro atoms. The molecule has 30 heavy (non-hydrogen) atoms. The van der Waals surface area contributed by atoms with Crippen molar-refractivity contribution in [2.45, 2.75) is 45.6 Å². The first-order chi connectivity index (χ1) is 14.2. The number of anilines is 2. The first-order valence-electron chi connectivity index (χ1n) is 10.1. The highest BCUT2D eigenvalue weighted by atomic mass is 16.6. The normalized spacial score (nSPS) is 14.6. The Morgan fingerprint density at radius 3 is 2.70 bits per heavy atom. The number of fused-ring (bicyclic) bond motifs is 1. The van der Waals surface area contributed by atoms with Gasteiger partial charge in [0.1, 0.15) is 16.9 Å². The van der Waals surface area contributed by atoms with Gasteiger partial charge in [-0.05, 0) is 27.2 Å². The summed E-state index contributed by atoms with van der Waals surface area (Å²) in [6.45, 7) is 8.84. The molecule has 1 N–H and O–H groups in total. The maximum Gasteiger partial charge on any atom is 0.410 e. The number of amides is 1. The van der Waals surface area contributed by atoms with Gasteiger partial charge in [-0.2, -0.15) is 0 Å². The second-order valence-electron chi connectivity index (χ2n) is 8.56. The highest BCUT2D eigenvalue weighted by molar-refractivity contribution is 5.78. The van der Waals surface area contributed by atoms with Gasteiger partial charge in [0.15, 0.2) is 5.82 Å². The Balaban J connectivity index is 1.46. The van der Waals surface area contributed by atoms with Crippen molar-refractivity contribution in [2.75, 3.05) is 18.4 Å². The summed E-state index contributed by atoms with van der Waals surface area (Å²) in [4.78, 5) is 31.9. The van der Waals surface area contributed by atoms with E-state index in [4.69, 9.17) is 9.72 Å². The smallest absolute Gasteiger partial charge is 0.410 e. The summed E-state index contributed by atoms with van der Waals surface area (Å²) in [7, 11) is 1.95. The summed E-state index contributed by atoms with van der Waals surface area (Å²) in [6, 6.07) is 1.95. The minimum absolute atomic E-state index is 0.174. The number of imidazole rings is 1. The van der Waals surface area contributed by atoms with Crippen LogP contribution in [-0.4, -0.2) is 54.2 Å². The first kappa shape index (κ1) is 20.1. The first-order valence-corrected chi connectivity index (χ1v) is 10.1. The van der Waals surface area contributed by atoms with Crippen LogP contribution in [0.4, 0.5) is 16.4 Å². The van der Waals surface area contributed by atoms with Crippen molar-refractivity contribution in [1.82, 2.24) is 29.4 Å². The van der Waals surface area contributed by atoms with E-state index in [1.807, 2.05) is 45.4 Å². The van der Waals surface area contributed by atoms with Crippen LogP contribution in [0.15, 0.2) is 24.8 Å². The second-order valence-corrected chi connectivity index (χ2v) is 8.56. The lowest BCUT2D eigenvalue weighted by molar-refractivity contribution is 0.00783. The summed E-state index contributed by atoms with van der Waals surface area (Å²) < 4.78 is 7.37. The van der Waals surface area contributed by atoms with Crippen molar-refractivity contribution >= 4 is 28.8 Å². The van der Waals surface area contributed by atoms with Crippen LogP contribution in [-0.2, 0) is 18.2 Å². The van der Waals surface area contributed by atoms with Crippen molar-refractivity contribution in [3.8, 4) is 0 Å². The fraction of sp³-hybridized carbons (Fsp3) is 0.476. The van der Waals surface area contributed by atoms with E-state index >= 15 is 0 Å². The average molecular weight is 409 g/mol. The highest BCUT2D eigenvalue weighted by Gasteiger charge is 2.35. The zero-order valence-electron chi connectivity index (χ0n) is 18.0. The molecule has 158 valence electrons. The Morgan fingerprint density at radius 2 is 2.00 bits per heavy atom. The van der Waals surface area contributed by atoms with Crippen LogP contribution < -0.4 is 5.32 Å². The molecule has 9 nitrogen and oxygen atoms in total. The van der Waals surface area contributed by atoms with E-state index in [-0.39, 0.29) is 12.0 Å². The molecule has 3 aromatic heterocycles. The van der Waals surface area contributed by atoms with Crippen molar-refractivity contribution < 1.29 is 9.53 Å². The third-order valence-electron chi connectivity index (χ3n) is 5.01. The molecule has 4 rings (SSSR count). The third kappa shape index (κ3) is 4.05. The Hall–Kier alpha value is -3.23. The Labute approximate surface area is 175 Å². The SMILES string of the molecule is CCc1nc(C2CN(C(=O)OC(C)(C)C)C2)cnc1Nc1cc2c(cn1)ncn2C. The molecule has 1 saturated heterocycles. The van der Waals surface area contributed by atoms with Crippen LogP contribution in [0.2, 0.25) is 0 Å². The number of carbonyl (C=O) groups is 1. The monoisotopic (exact) mass is 409 g/mol. The molecule has 0 atom stereocenters. The van der Waals surface area contributed by atoms with Gasteiger partial charge in [-0.3, -0.25) is 4.98 Å². The molecule has 0 aromatic carbocycles. The number of hydrogen-bond acceptors (Lipinski definition) is 7. The van der Waals surface area contributed by atoms with Gasteiger partial charge in [0.25, 0.3) is 0 Å². The highest BCUT2D eigenvalue weighted by Crippen LogP contribution is 2.29. The minimum atomic E-state index is -0.489. The molecule has 0 aliphatic carbocycles. The van der Waals surface area contributed by atoms with Gasteiger partial charge in [0.2, 0.25) is 0 Å². The Kier molecular flexibility index (Phi) is 5.05. The predicted octanol–water partition coefficient (Wildman–Crippen LogP) is 3.40. The quantitative estimate of drug-likeness (QED) is 0.705. The molecule has 0 radical (unpaired) electrons. The lowest BCUT2D eigenvalue weighted by atomic mass is 9.97. The van der Waals surface area contributed by atoms with Crippen LogP contribution >= 0.6 is 0 Å². The number of aromatic nitrogens is 5. The maximum atomic E-state index is 12.1. The van der Waals surface area contributed by atoms with E-state index in [0.717, 1.165) is 28.8 Å². The topological polar surface area (TPSA) is 98.1 Å². The fourth-order valence-corrected chi connectivity index (χ4v) is 3.35. The number of nitrogens with zero attached hydrogens (tertiary/aromatic N) is 6. The van der Waals surface area contributed by atoms with Gasteiger partial charge < -0.3 is 19.5 Å². The molecule has 3 aromatic rings. The molecule has 1 aliphatic rings. The third-order valence-corrected chi connectivity index (χ3v) is 5.01. The Morgan fingerprint density at radius 1 is 1.23 bits per heavy atom. The molecular formula is C21H27N7O2. The van der Waals surface area contributed by atoms with Crippen LogP contribution in [0, 0.1) is 0 Å². The lowest BCUT2D eigenvalue weighted by Crippen LogP contribution is -2.50. The molecule has 1 amide bonds. The van der Waals surface area contributed by atoms with Crippen LogP contribution in [0.5, 0.6) is 0 Å². The Bertz CT molecular complexity index is 1080. The van der Waals surface area contributed by atoms with Gasteiger partial charge in [0.05, 0.1) is 35.6 Å². The number of ether oxygens (including phenoxy) is 1. The van der Waals surface area contributed by atoms with Crippen LogP contribution in [0.25, 0.3) is 11.0 Å². The number of rotatable bonds is 4. The van der Waals surface area contributed by atoms with Gasteiger partial charge in [-0.1, -0.05) is 6.92 Å². The lowest BCUT2D eigenvalue weighted by Gasteiger charge is -2.39. The molecule has 4 heterocycles. The van der Waals surface area contributed by atoms with Gasteiger partial charge >= 0.3 is 6.09 Å². The molecule has 1 aliphatic heterocycles. The second kappa shape index (κ2) is 7.55. The van der Waals surface area contributed by atoms with E-state index < -0.39 is 5.60 Å². The summed E-state index contributed by atoms with van der Waals surface area (Å²) in [5, 5.41) is 3.28. The van der Waals surface area contributed by atoms with Crippen LogP contribution in [0.1, 0.15) is 45.0 Å². The standard InChI is InChI=1S/C21H27N7O2/c1-6-14-19(26-18-7-17-16(9-22-18)24-12-27(17)5)23-8-15(25-14)13-10-28(11-13)20(29)30-21(2,3)4/h7-9,12-13H,6,10-11H2,1-5H3,(H,22,23,26). The molecule has 0 saturated carbocycles. The number of pyridine rings is 1. The van der Waals surface area contributed by atoms with Crippen molar-refractivity contribution in [3.05, 3.63) is 36.2 Å².